The van der Waals surface area contributed by atoms with E-state index in [1.807, 2.05) is 0 Å². The van der Waals surface area contributed by atoms with Gasteiger partial charge in [0.15, 0.2) is 0 Å². The summed E-state index contributed by atoms with van der Waals surface area (Å²) in [5.41, 5.74) is 2.90. The van der Waals surface area contributed by atoms with E-state index < -0.39 is 0 Å². The van der Waals surface area contributed by atoms with Gasteiger partial charge in [0.05, 0.1) is 5.54 Å². The first-order valence-electron chi connectivity index (χ1n) is 5.62. The lowest BCUT2D eigenvalue weighted by Crippen LogP contribution is -2.55. The standard InChI is InChI=1S/C13H20N2/c1-11-5-4-6-12(9-11)13(2)10-14-7-8-15(13)3/h4-6,9,14H,7-8,10H2,1-3H3. The molecule has 0 aromatic heterocycles. The average molecular weight is 204 g/mol. The molecule has 0 radical (unpaired) electrons. The molecule has 0 saturated carbocycles. The molecular weight excluding hydrogens is 184 g/mol. The van der Waals surface area contributed by atoms with Gasteiger partial charge in [0.1, 0.15) is 0 Å². The predicted molar refractivity (Wildman–Crippen MR) is 64.0 cm³/mol. The molecule has 0 spiro atoms. The fraction of sp³-hybridized carbons (Fsp3) is 0.538. The summed E-state index contributed by atoms with van der Waals surface area (Å²) in [4.78, 5) is 2.44. The molecule has 1 aliphatic heterocycles. The number of nitrogens with one attached hydrogen (secondary N) is 1. The summed E-state index contributed by atoms with van der Waals surface area (Å²) < 4.78 is 0. The van der Waals surface area contributed by atoms with E-state index in [1.54, 1.807) is 0 Å². The van der Waals surface area contributed by atoms with Crippen molar-refractivity contribution >= 4 is 0 Å². The lowest BCUT2D eigenvalue weighted by Gasteiger charge is -2.43. The van der Waals surface area contributed by atoms with Crippen LogP contribution in [0.5, 0.6) is 0 Å². The van der Waals surface area contributed by atoms with Crippen LogP contribution in [0.3, 0.4) is 0 Å². The van der Waals surface area contributed by atoms with Gasteiger partial charge in [-0.05, 0) is 26.5 Å². The molecule has 0 bridgehead atoms. The zero-order valence-electron chi connectivity index (χ0n) is 9.88. The second-order valence-electron chi connectivity index (χ2n) is 4.74. The van der Waals surface area contributed by atoms with Gasteiger partial charge in [-0.25, -0.2) is 0 Å². The van der Waals surface area contributed by atoms with Crippen molar-refractivity contribution in [2.45, 2.75) is 19.4 Å². The van der Waals surface area contributed by atoms with Crippen molar-refractivity contribution in [3.63, 3.8) is 0 Å². The second-order valence-corrected chi connectivity index (χ2v) is 4.74. The van der Waals surface area contributed by atoms with Gasteiger partial charge in [0, 0.05) is 19.6 Å². The highest BCUT2D eigenvalue weighted by Crippen LogP contribution is 2.28. The Morgan fingerprint density at radius 3 is 2.87 bits per heavy atom. The van der Waals surface area contributed by atoms with Crippen molar-refractivity contribution in [3.05, 3.63) is 35.4 Å². The molecule has 1 heterocycles. The van der Waals surface area contributed by atoms with E-state index in [0.29, 0.717) is 0 Å². The van der Waals surface area contributed by atoms with Crippen molar-refractivity contribution in [1.29, 1.82) is 0 Å². The van der Waals surface area contributed by atoms with Crippen LogP contribution in [0, 0.1) is 6.92 Å². The van der Waals surface area contributed by atoms with Crippen LogP contribution in [0.25, 0.3) is 0 Å². The third-order valence-corrected chi connectivity index (χ3v) is 3.58. The fourth-order valence-electron chi connectivity index (χ4n) is 2.26. The molecule has 1 aromatic carbocycles. The van der Waals surface area contributed by atoms with Crippen molar-refractivity contribution in [1.82, 2.24) is 10.2 Å². The van der Waals surface area contributed by atoms with Gasteiger partial charge in [-0.2, -0.15) is 0 Å². The van der Waals surface area contributed by atoms with Crippen LogP contribution in [0.15, 0.2) is 24.3 Å². The number of nitrogens with zero attached hydrogens (tertiary/aromatic N) is 1. The number of hydrogen-bond donors (Lipinski definition) is 1. The van der Waals surface area contributed by atoms with Crippen LogP contribution >= 0.6 is 0 Å². The molecular formula is C13H20N2. The first-order chi connectivity index (χ1) is 7.13. The van der Waals surface area contributed by atoms with Crippen LogP contribution in [0.2, 0.25) is 0 Å². The van der Waals surface area contributed by atoms with E-state index in [1.165, 1.54) is 11.1 Å². The fourth-order valence-corrected chi connectivity index (χ4v) is 2.26. The summed E-state index contributed by atoms with van der Waals surface area (Å²) in [6, 6.07) is 8.83. The number of aryl methyl sites for hydroxylation is 1. The Kier molecular flexibility index (Phi) is 2.81. The molecule has 0 amide bonds. The highest BCUT2D eigenvalue weighted by molar-refractivity contribution is 5.29. The summed E-state index contributed by atoms with van der Waals surface area (Å²) in [6.45, 7) is 7.71. The Balaban J connectivity index is 2.34. The molecule has 2 rings (SSSR count). The van der Waals surface area contributed by atoms with Crippen LogP contribution in [0.1, 0.15) is 18.1 Å². The summed E-state index contributed by atoms with van der Waals surface area (Å²) in [5, 5.41) is 3.48. The summed E-state index contributed by atoms with van der Waals surface area (Å²) >= 11 is 0. The Labute approximate surface area is 92.3 Å². The maximum absolute atomic E-state index is 3.48. The minimum atomic E-state index is 0.143. The number of rotatable bonds is 1. The molecule has 0 aliphatic carbocycles. The zero-order chi connectivity index (χ0) is 10.9. The number of piperazine rings is 1. The molecule has 15 heavy (non-hydrogen) atoms. The van der Waals surface area contributed by atoms with Gasteiger partial charge in [0.25, 0.3) is 0 Å². The third kappa shape index (κ3) is 1.92. The van der Waals surface area contributed by atoms with Crippen LogP contribution in [0.4, 0.5) is 0 Å². The zero-order valence-corrected chi connectivity index (χ0v) is 9.88. The summed E-state index contributed by atoms with van der Waals surface area (Å²) in [7, 11) is 2.21. The molecule has 2 heteroatoms. The van der Waals surface area contributed by atoms with E-state index in [9.17, 15) is 0 Å². The minimum Gasteiger partial charge on any atom is -0.313 e. The largest absolute Gasteiger partial charge is 0.313 e. The first kappa shape index (κ1) is 10.7. The molecule has 82 valence electrons. The molecule has 1 atom stereocenters. The average Bonchev–Trinajstić information content (AvgIpc) is 2.23. The number of hydrogen-bond acceptors (Lipinski definition) is 2. The van der Waals surface area contributed by atoms with E-state index >= 15 is 0 Å². The van der Waals surface area contributed by atoms with Gasteiger partial charge >= 0.3 is 0 Å². The predicted octanol–water partition coefficient (Wildman–Crippen LogP) is 1.75. The topological polar surface area (TPSA) is 15.3 Å². The minimum absolute atomic E-state index is 0.143. The van der Waals surface area contributed by atoms with Gasteiger partial charge in [-0.15, -0.1) is 0 Å². The van der Waals surface area contributed by atoms with E-state index in [0.717, 1.165) is 19.6 Å². The first-order valence-corrected chi connectivity index (χ1v) is 5.62. The van der Waals surface area contributed by atoms with Crippen molar-refractivity contribution in [2.75, 3.05) is 26.7 Å². The molecule has 1 saturated heterocycles. The second kappa shape index (κ2) is 3.95. The van der Waals surface area contributed by atoms with Crippen LogP contribution in [-0.2, 0) is 5.54 Å². The third-order valence-electron chi connectivity index (χ3n) is 3.58. The van der Waals surface area contributed by atoms with Crippen molar-refractivity contribution < 1.29 is 0 Å². The Bertz CT molecular complexity index is 348. The monoisotopic (exact) mass is 204 g/mol. The molecule has 1 unspecified atom stereocenters. The summed E-state index contributed by atoms with van der Waals surface area (Å²) in [5.74, 6) is 0. The smallest absolute Gasteiger partial charge is 0.0555 e. The van der Waals surface area contributed by atoms with E-state index in [2.05, 4.69) is 55.4 Å². The van der Waals surface area contributed by atoms with Gasteiger partial charge in [0.2, 0.25) is 0 Å². The van der Waals surface area contributed by atoms with Crippen LogP contribution < -0.4 is 5.32 Å². The van der Waals surface area contributed by atoms with E-state index in [4.69, 9.17) is 0 Å². The maximum atomic E-state index is 3.48. The Morgan fingerprint density at radius 2 is 2.20 bits per heavy atom. The molecule has 1 N–H and O–H groups in total. The SMILES string of the molecule is Cc1cccc(C2(C)CNCCN2C)c1. The van der Waals surface area contributed by atoms with Gasteiger partial charge in [-0.3, -0.25) is 4.90 Å². The molecule has 1 fully saturated rings. The number of likely N-dealkylation sites (N-methyl/N-ethyl adjacent to an activating group) is 1. The molecule has 1 aliphatic rings. The number of benzene rings is 1. The van der Waals surface area contributed by atoms with Gasteiger partial charge < -0.3 is 5.32 Å². The Morgan fingerprint density at radius 1 is 1.40 bits per heavy atom. The van der Waals surface area contributed by atoms with Crippen molar-refractivity contribution in [3.8, 4) is 0 Å². The Hall–Kier alpha value is -0.860. The lowest BCUT2D eigenvalue weighted by atomic mass is 9.88. The maximum Gasteiger partial charge on any atom is 0.0555 e. The van der Waals surface area contributed by atoms with E-state index in [-0.39, 0.29) is 5.54 Å². The quantitative estimate of drug-likeness (QED) is 0.749. The van der Waals surface area contributed by atoms with Gasteiger partial charge in [-0.1, -0.05) is 29.8 Å². The highest BCUT2D eigenvalue weighted by atomic mass is 15.2. The normalized spacial score (nSPS) is 27.9. The van der Waals surface area contributed by atoms with Crippen molar-refractivity contribution in [2.24, 2.45) is 0 Å². The molecule has 1 aromatic rings. The van der Waals surface area contributed by atoms with Crippen LogP contribution in [-0.4, -0.2) is 31.6 Å². The lowest BCUT2D eigenvalue weighted by molar-refractivity contribution is 0.104. The highest BCUT2D eigenvalue weighted by Gasteiger charge is 2.33. The summed E-state index contributed by atoms with van der Waals surface area (Å²) in [6.07, 6.45) is 0. The molecule has 2 nitrogen and oxygen atoms in total.